The molecule has 2 fully saturated rings. The third kappa shape index (κ3) is 2.81. The molecular formula is C16H25FN5O4P. The minimum absolute atomic E-state index is 0.0571. The lowest BCUT2D eigenvalue weighted by molar-refractivity contribution is -0.0843. The molecule has 150 valence electrons. The van der Waals surface area contributed by atoms with Gasteiger partial charge in [0.05, 0.1) is 20.1 Å². The number of rotatable bonds is 2. The number of ether oxygens (including phenoxy) is 2. The second-order valence-electron chi connectivity index (χ2n) is 7.53. The van der Waals surface area contributed by atoms with Crippen molar-refractivity contribution in [2.45, 2.75) is 62.7 Å². The molecule has 0 saturated carbocycles. The first-order valence-electron chi connectivity index (χ1n) is 8.84. The molecule has 0 radical (unpaired) electrons. The lowest BCUT2D eigenvalue weighted by atomic mass is 9.97. The number of nitrogens with two attached hydrogens (primary N) is 1. The zero-order valence-corrected chi connectivity index (χ0v) is 16.7. The molecule has 11 heteroatoms. The maximum atomic E-state index is 15.9. The zero-order chi connectivity index (χ0) is 19.6. The van der Waals surface area contributed by atoms with Crippen LogP contribution < -0.4 is 5.73 Å². The predicted molar refractivity (Wildman–Crippen MR) is 102 cm³/mol. The summed E-state index contributed by atoms with van der Waals surface area (Å²) in [6, 6.07) is -0.489. The van der Waals surface area contributed by atoms with Crippen LogP contribution in [0.5, 0.6) is 0 Å². The van der Waals surface area contributed by atoms with Gasteiger partial charge in [0.2, 0.25) is 11.9 Å². The highest BCUT2D eigenvalue weighted by molar-refractivity contribution is 7.65. The third-order valence-corrected chi connectivity index (χ3v) is 8.13. The van der Waals surface area contributed by atoms with E-state index in [4.69, 9.17) is 24.3 Å². The van der Waals surface area contributed by atoms with Gasteiger partial charge in [-0.3, -0.25) is 4.99 Å². The van der Waals surface area contributed by atoms with Gasteiger partial charge in [0.1, 0.15) is 19.5 Å². The van der Waals surface area contributed by atoms with Gasteiger partial charge in [0.15, 0.2) is 24.1 Å². The lowest BCUT2D eigenvalue weighted by Gasteiger charge is -2.40. The van der Waals surface area contributed by atoms with Crippen molar-refractivity contribution in [3.05, 3.63) is 0 Å². The van der Waals surface area contributed by atoms with Gasteiger partial charge >= 0.3 is 0 Å². The second kappa shape index (κ2) is 6.27. The van der Waals surface area contributed by atoms with Gasteiger partial charge in [0, 0.05) is 5.66 Å². The van der Waals surface area contributed by atoms with Crippen LogP contribution >= 0.6 is 7.34 Å². The summed E-state index contributed by atoms with van der Waals surface area (Å²) in [4.78, 5) is 14.3. The summed E-state index contributed by atoms with van der Waals surface area (Å²) in [5, 5.41) is 0. The van der Waals surface area contributed by atoms with E-state index >= 15 is 4.39 Å². The van der Waals surface area contributed by atoms with Gasteiger partial charge in [-0.1, -0.05) is 20.1 Å². The molecule has 4 heterocycles. The van der Waals surface area contributed by atoms with Crippen molar-refractivity contribution in [1.29, 1.82) is 0 Å². The highest BCUT2D eigenvalue weighted by atomic mass is 31.2. The van der Waals surface area contributed by atoms with Crippen LogP contribution in [-0.2, 0) is 18.5 Å². The molecule has 7 atom stereocenters. The lowest BCUT2D eigenvalue weighted by Crippen LogP contribution is -2.55. The minimum atomic E-state index is -2.41. The Hall–Kier alpha value is -1.48. The van der Waals surface area contributed by atoms with Crippen molar-refractivity contribution in [3.63, 3.8) is 0 Å². The van der Waals surface area contributed by atoms with Crippen LogP contribution in [-0.4, -0.2) is 85.1 Å². The molecule has 2 saturated heterocycles. The summed E-state index contributed by atoms with van der Waals surface area (Å²) in [6.45, 7) is 5.64. The number of methoxy groups -OCH3 is 1. The fourth-order valence-corrected chi connectivity index (χ4v) is 5.45. The molecule has 0 aromatic rings. The van der Waals surface area contributed by atoms with Gasteiger partial charge in [-0.25, -0.2) is 9.38 Å². The Kier molecular flexibility index (Phi) is 4.38. The van der Waals surface area contributed by atoms with Gasteiger partial charge in [-0.2, -0.15) is 4.99 Å². The first kappa shape index (κ1) is 18.9. The Labute approximate surface area is 157 Å². The molecule has 0 amide bonds. The van der Waals surface area contributed by atoms with Crippen LogP contribution in [0, 0.1) is 0 Å². The van der Waals surface area contributed by atoms with Crippen LogP contribution in [0.1, 0.15) is 20.8 Å². The van der Waals surface area contributed by atoms with E-state index < -0.39 is 43.7 Å². The van der Waals surface area contributed by atoms with E-state index in [0.717, 1.165) is 0 Å². The Morgan fingerprint density at radius 2 is 2.26 bits per heavy atom. The highest BCUT2D eigenvalue weighted by Gasteiger charge is 2.62. The summed E-state index contributed by atoms with van der Waals surface area (Å²) in [7, 11) is -0.918. The number of halogens is 1. The number of guanidine groups is 1. The van der Waals surface area contributed by atoms with E-state index in [1.54, 1.807) is 4.90 Å². The van der Waals surface area contributed by atoms with Crippen LogP contribution in [0.4, 0.5) is 4.39 Å². The molecule has 4 rings (SSSR count). The Morgan fingerprint density at radius 3 is 2.93 bits per heavy atom. The van der Waals surface area contributed by atoms with Crippen LogP contribution in [0.25, 0.3) is 0 Å². The number of nitrogens with zero attached hydrogens (tertiary/aromatic N) is 4. The molecular weight excluding hydrogens is 376 g/mol. The monoisotopic (exact) mass is 401 g/mol. The van der Waals surface area contributed by atoms with E-state index in [0.29, 0.717) is 5.90 Å². The summed E-state index contributed by atoms with van der Waals surface area (Å²) >= 11 is 0. The van der Waals surface area contributed by atoms with E-state index in [-0.39, 0.29) is 18.2 Å². The van der Waals surface area contributed by atoms with E-state index in [2.05, 4.69) is 21.3 Å². The summed E-state index contributed by atoms with van der Waals surface area (Å²) in [6.07, 6.45) is 2.77. The highest BCUT2D eigenvalue weighted by Crippen LogP contribution is 2.60. The third-order valence-electron chi connectivity index (χ3n) is 5.39. The first-order valence-corrected chi connectivity index (χ1v) is 10.7. The fourth-order valence-electron chi connectivity index (χ4n) is 3.72. The topological polar surface area (TPSA) is 103 Å². The van der Waals surface area contributed by atoms with Crippen molar-refractivity contribution >= 4 is 31.8 Å². The maximum Gasteiger partial charge on any atom is 0.220 e. The SMILES string of the molecule is C=P1(C(C)C)OC[C@H]2OC(N3C=NC4C(OC)=NC(N)=NC43)[C@](C)(F)[C@@H]2O1. The standard InChI is InChI=1S/C16H25FN5O4P/c1-8(2)27(5)24-6-9-11(26-27)16(3,17)14(25-9)22-7-19-10-12(22)20-15(18)21-13(10)23-4/h7-12,14H,5-6H2,1-4H3,(H2,18,20)/t9-,10?,11-,12?,14?,16-,27?/m1/s1. The van der Waals surface area contributed by atoms with Crippen molar-refractivity contribution in [2.24, 2.45) is 20.7 Å². The van der Waals surface area contributed by atoms with Gasteiger partial charge in [-0.15, -0.1) is 0 Å². The number of fused-ring (bicyclic) bond motifs is 2. The Morgan fingerprint density at radius 1 is 1.52 bits per heavy atom. The average molecular weight is 401 g/mol. The molecule has 27 heavy (non-hydrogen) atoms. The van der Waals surface area contributed by atoms with Crippen LogP contribution in [0.15, 0.2) is 15.0 Å². The molecule has 9 nitrogen and oxygen atoms in total. The van der Waals surface area contributed by atoms with Crippen molar-refractivity contribution < 1.29 is 22.9 Å². The fraction of sp³-hybridized carbons (Fsp3) is 0.750. The number of hydrogen-bond acceptors (Lipinski definition) is 9. The molecule has 0 aromatic heterocycles. The van der Waals surface area contributed by atoms with E-state index in [1.807, 2.05) is 13.8 Å². The molecule has 0 bridgehead atoms. The minimum Gasteiger partial charge on any atom is -0.482 e. The summed E-state index contributed by atoms with van der Waals surface area (Å²) in [5.74, 6) is 0.394. The van der Waals surface area contributed by atoms with Crippen molar-refractivity contribution in [3.8, 4) is 0 Å². The van der Waals surface area contributed by atoms with Gasteiger partial charge in [0.25, 0.3) is 0 Å². The quantitative estimate of drug-likeness (QED) is 0.692. The summed E-state index contributed by atoms with van der Waals surface area (Å²) in [5.41, 5.74) is 4.03. The largest absolute Gasteiger partial charge is 0.482 e. The molecule has 4 unspecified atom stereocenters. The average Bonchev–Trinajstić information content (AvgIpc) is 3.12. The smallest absolute Gasteiger partial charge is 0.220 e. The zero-order valence-electron chi connectivity index (χ0n) is 15.8. The first-order chi connectivity index (χ1) is 12.7. The predicted octanol–water partition coefficient (Wildman–Crippen LogP) is 0.955. The number of hydrogen-bond donors (Lipinski definition) is 1. The summed E-state index contributed by atoms with van der Waals surface area (Å²) < 4.78 is 39.1. The van der Waals surface area contributed by atoms with Crippen LogP contribution in [0.3, 0.4) is 0 Å². The Bertz CT molecular complexity index is 770. The number of aliphatic imine (C=N–C) groups is 3. The maximum absolute atomic E-state index is 15.9. The Balaban J connectivity index is 1.60. The van der Waals surface area contributed by atoms with Gasteiger partial charge < -0.3 is 29.2 Å². The van der Waals surface area contributed by atoms with Gasteiger partial charge in [-0.05, 0) is 6.92 Å². The number of alkyl halides is 1. The molecule has 4 aliphatic heterocycles. The second-order valence-corrected chi connectivity index (χ2v) is 10.5. The van der Waals surface area contributed by atoms with E-state index in [9.17, 15) is 0 Å². The van der Waals surface area contributed by atoms with Crippen molar-refractivity contribution in [2.75, 3.05) is 13.7 Å². The van der Waals surface area contributed by atoms with E-state index in [1.165, 1.54) is 20.4 Å². The molecule has 2 N–H and O–H groups in total. The molecule has 4 aliphatic rings. The molecule has 0 aliphatic carbocycles. The molecule has 0 spiro atoms. The normalized spacial score (nSPS) is 46.1. The van der Waals surface area contributed by atoms with Crippen LogP contribution in [0.2, 0.25) is 0 Å². The molecule has 0 aromatic carbocycles. The van der Waals surface area contributed by atoms with Crippen molar-refractivity contribution in [1.82, 2.24) is 4.90 Å².